The van der Waals surface area contributed by atoms with Crippen molar-refractivity contribution in [3.63, 3.8) is 0 Å². The van der Waals surface area contributed by atoms with Crippen LogP contribution >= 0.6 is 11.8 Å². The van der Waals surface area contributed by atoms with Gasteiger partial charge in [-0.05, 0) is 49.9 Å². The topological polar surface area (TPSA) is 24.9 Å². The third-order valence-electron chi connectivity index (χ3n) is 3.90. The monoisotopic (exact) mass is 278 g/mol. The van der Waals surface area contributed by atoms with Gasteiger partial charge in [0, 0.05) is 29.4 Å². The molecule has 0 radical (unpaired) electrons. The second-order valence-electron chi connectivity index (χ2n) is 5.48. The van der Waals surface area contributed by atoms with Gasteiger partial charge in [-0.3, -0.25) is 4.98 Å². The molecule has 0 spiro atoms. The van der Waals surface area contributed by atoms with Crippen LogP contribution in [-0.4, -0.2) is 22.5 Å². The van der Waals surface area contributed by atoms with E-state index < -0.39 is 0 Å². The maximum atomic E-state index is 4.30. The number of aromatic nitrogens is 1. The van der Waals surface area contributed by atoms with Crippen molar-refractivity contribution in [2.45, 2.75) is 57.2 Å². The summed E-state index contributed by atoms with van der Waals surface area (Å²) in [4.78, 5) is 4.30. The van der Waals surface area contributed by atoms with Crippen molar-refractivity contribution >= 4 is 11.8 Å². The number of thioether (sulfide) groups is 1. The molecule has 19 heavy (non-hydrogen) atoms. The molecule has 1 N–H and O–H groups in total. The van der Waals surface area contributed by atoms with Gasteiger partial charge in [-0.1, -0.05) is 19.8 Å². The summed E-state index contributed by atoms with van der Waals surface area (Å²) in [5, 5.41) is 4.58. The molecular formula is C16H26N2S. The average molecular weight is 278 g/mol. The Morgan fingerprint density at radius 2 is 2.21 bits per heavy atom. The highest BCUT2D eigenvalue weighted by molar-refractivity contribution is 7.99. The van der Waals surface area contributed by atoms with E-state index >= 15 is 0 Å². The van der Waals surface area contributed by atoms with Gasteiger partial charge in [0.2, 0.25) is 0 Å². The molecule has 1 aliphatic rings. The van der Waals surface area contributed by atoms with Gasteiger partial charge in [0.15, 0.2) is 0 Å². The standard InChI is InChI=1S/C16H26N2S/c1-3-9-18-16(12-19-14-6-4-5-7-14)15-11-17-10-8-13(15)2/h8,10-11,14,16,18H,3-7,9,12H2,1-2H3. The molecule has 0 bridgehead atoms. The highest BCUT2D eigenvalue weighted by Gasteiger charge is 2.19. The Bertz CT molecular complexity index is 375. The van der Waals surface area contributed by atoms with Crippen LogP contribution in [0.5, 0.6) is 0 Å². The van der Waals surface area contributed by atoms with Gasteiger partial charge < -0.3 is 5.32 Å². The van der Waals surface area contributed by atoms with Gasteiger partial charge in [-0.2, -0.15) is 11.8 Å². The summed E-state index contributed by atoms with van der Waals surface area (Å²) < 4.78 is 0. The van der Waals surface area contributed by atoms with E-state index in [9.17, 15) is 0 Å². The molecule has 1 aromatic rings. The van der Waals surface area contributed by atoms with Crippen LogP contribution in [0.2, 0.25) is 0 Å². The molecule has 1 unspecified atom stereocenters. The van der Waals surface area contributed by atoms with Gasteiger partial charge in [0.1, 0.15) is 0 Å². The van der Waals surface area contributed by atoms with Crippen molar-refractivity contribution in [1.82, 2.24) is 10.3 Å². The minimum atomic E-state index is 0.458. The van der Waals surface area contributed by atoms with Crippen molar-refractivity contribution in [2.24, 2.45) is 0 Å². The summed E-state index contributed by atoms with van der Waals surface area (Å²) in [6.07, 6.45) is 10.8. The fraction of sp³-hybridized carbons (Fsp3) is 0.688. The predicted molar refractivity (Wildman–Crippen MR) is 84.7 cm³/mol. The zero-order valence-corrected chi connectivity index (χ0v) is 13.0. The van der Waals surface area contributed by atoms with Gasteiger partial charge in [0.05, 0.1) is 0 Å². The van der Waals surface area contributed by atoms with E-state index in [0.717, 1.165) is 11.8 Å². The van der Waals surface area contributed by atoms with Crippen molar-refractivity contribution in [3.05, 3.63) is 29.6 Å². The zero-order chi connectivity index (χ0) is 13.5. The Hall–Kier alpha value is -0.540. The molecule has 106 valence electrons. The summed E-state index contributed by atoms with van der Waals surface area (Å²) in [5.74, 6) is 1.18. The van der Waals surface area contributed by atoms with Crippen LogP contribution in [0.4, 0.5) is 0 Å². The quantitative estimate of drug-likeness (QED) is 0.812. The largest absolute Gasteiger partial charge is 0.309 e. The first-order valence-electron chi connectivity index (χ1n) is 7.56. The van der Waals surface area contributed by atoms with Crippen LogP contribution in [0.1, 0.15) is 56.2 Å². The first-order chi connectivity index (χ1) is 9.31. The fourth-order valence-electron chi connectivity index (χ4n) is 2.71. The maximum Gasteiger partial charge on any atom is 0.0429 e. The Labute approximate surface area is 121 Å². The molecule has 3 heteroatoms. The zero-order valence-electron chi connectivity index (χ0n) is 12.2. The van der Waals surface area contributed by atoms with Gasteiger partial charge in [-0.15, -0.1) is 0 Å². The van der Waals surface area contributed by atoms with Crippen LogP contribution in [0.3, 0.4) is 0 Å². The summed E-state index contributed by atoms with van der Waals surface area (Å²) in [6.45, 7) is 5.51. The van der Waals surface area contributed by atoms with Crippen LogP contribution in [0.15, 0.2) is 18.5 Å². The molecule has 1 atom stereocenters. The Balaban J connectivity index is 1.96. The normalized spacial score (nSPS) is 17.8. The van der Waals surface area contributed by atoms with Crippen molar-refractivity contribution < 1.29 is 0 Å². The lowest BCUT2D eigenvalue weighted by Crippen LogP contribution is -2.25. The molecule has 2 rings (SSSR count). The lowest BCUT2D eigenvalue weighted by Gasteiger charge is -2.21. The number of rotatable bonds is 7. The molecule has 1 heterocycles. The molecule has 0 aromatic carbocycles. The Morgan fingerprint density at radius 3 is 2.89 bits per heavy atom. The van der Waals surface area contributed by atoms with Crippen LogP contribution in [0.25, 0.3) is 0 Å². The number of pyridine rings is 1. The van der Waals surface area contributed by atoms with E-state index in [2.05, 4.69) is 42.0 Å². The van der Waals surface area contributed by atoms with Crippen molar-refractivity contribution in [1.29, 1.82) is 0 Å². The Morgan fingerprint density at radius 1 is 1.42 bits per heavy atom. The van der Waals surface area contributed by atoms with E-state index in [1.165, 1.54) is 49.0 Å². The summed E-state index contributed by atoms with van der Waals surface area (Å²) in [6, 6.07) is 2.58. The van der Waals surface area contributed by atoms with E-state index in [1.54, 1.807) is 0 Å². The molecule has 1 aromatic heterocycles. The van der Waals surface area contributed by atoms with E-state index in [1.807, 2.05) is 12.4 Å². The minimum Gasteiger partial charge on any atom is -0.309 e. The molecule has 0 amide bonds. The maximum absolute atomic E-state index is 4.30. The van der Waals surface area contributed by atoms with Crippen LogP contribution < -0.4 is 5.32 Å². The molecule has 0 saturated heterocycles. The highest BCUT2D eigenvalue weighted by Crippen LogP contribution is 2.32. The van der Waals surface area contributed by atoms with E-state index in [4.69, 9.17) is 0 Å². The smallest absolute Gasteiger partial charge is 0.0429 e. The minimum absolute atomic E-state index is 0.458. The van der Waals surface area contributed by atoms with Gasteiger partial charge in [-0.25, -0.2) is 0 Å². The molecule has 1 saturated carbocycles. The fourth-order valence-corrected chi connectivity index (χ4v) is 4.13. The van der Waals surface area contributed by atoms with E-state index in [0.29, 0.717) is 6.04 Å². The predicted octanol–water partition coefficient (Wildman–Crippen LogP) is 4.11. The molecule has 2 nitrogen and oxygen atoms in total. The second-order valence-corrected chi connectivity index (χ2v) is 6.81. The summed E-state index contributed by atoms with van der Waals surface area (Å²) in [7, 11) is 0. The number of aryl methyl sites for hydroxylation is 1. The highest BCUT2D eigenvalue weighted by atomic mass is 32.2. The van der Waals surface area contributed by atoms with Crippen LogP contribution in [-0.2, 0) is 0 Å². The summed E-state index contributed by atoms with van der Waals surface area (Å²) >= 11 is 2.16. The molecule has 0 aliphatic heterocycles. The number of hydrogen-bond donors (Lipinski definition) is 1. The molecule has 1 aliphatic carbocycles. The van der Waals surface area contributed by atoms with Gasteiger partial charge >= 0.3 is 0 Å². The molecular weight excluding hydrogens is 252 g/mol. The van der Waals surface area contributed by atoms with Gasteiger partial charge in [0.25, 0.3) is 0 Å². The van der Waals surface area contributed by atoms with E-state index in [-0.39, 0.29) is 0 Å². The van der Waals surface area contributed by atoms with Crippen molar-refractivity contribution in [2.75, 3.05) is 12.3 Å². The SMILES string of the molecule is CCCNC(CSC1CCCC1)c1cnccc1C. The lowest BCUT2D eigenvalue weighted by atomic mass is 10.1. The number of nitrogens with one attached hydrogen (secondary N) is 1. The Kier molecular flexibility index (Phi) is 6.18. The first-order valence-corrected chi connectivity index (χ1v) is 8.61. The lowest BCUT2D eigenvalue weighted by molar-refractivity contribution is 0.572. The third kappa shape index (κ3) is 4.50. The summed E-state index contributed by atoms with van der Waals surface area (Å²) in [5.41, 5.74) is 2.73. The molecule has 1 fully saturated rings. The average Bonchev–Trinajstić information content (AvgIpc) is 2.93. The van der Waals surface area contributed by atoms with Crippen LogP contribution in [0, 0.1) is 6.92 Å². The third-order valence-corrected chi connectivity index (χ3v) is 5.37. The second kappa shape index (κ2) is 7.91. The van der Waals surface area contributed by atoms with Crippen molar-refractivity contribution in [3.8, 4) is 0 Å². The number of nitrogens with zero attached hydrogens (tertiary/aromatic N) is 1. The number of hydrogen-bond acceptors (Lipinski definition) is 3. The first kappa shape index (κ1) is 14.9.